The first kappa shape index (κ1) is 14.8. The lowest BCUT2D eigenvalue weighted by atomic mass is 9.99. The molecular weight excluding hydrogens is 306 g/mol. The van der Waals surface area contributed by atoms with Crippen molar-refractivity contribution < 1.29 is 9.47 Å². The second-order valence-electron chi connectivity index (χ2n) is 4.94. The highest BCUT2D eigenvalue weighted by molar-refractivity contribution is 9.10. The number of nitrogens with one attached hydrogen (secondary N) is 1. The second kappa shape index (κ2) is 7.27. The molecule has 0 radical (unpaired) electrons. The molecule has 0 amide bonds. The number of methoxy groups -OCH3 is 1. The van der Waals surface area contributed by atoms with Crippen molar-refractivity contribution in [1.29, 1.82) is 0 Å². The Balaban J connectivity index is 2.03. The summed E-state index contributed by atoms with van der Waals surface area (Å²) < 4.78 is 12.1. The molecule has 3 nitrogen and oxygen atoms in total. The Morgan fingerprint density at radius 3 is 3.00 bits per heavy atom. The summed E-state index contributed by atoms with van der Waals surface area (Å²) in [5.74, 6) is 0.899. The molecule has 19 heavy (non-hydrogen) atoms. The van der Waals surface area contributed by atoms with Crippen LogP contribution in [-0.2, 0) is 4.74 Å². The number of ether oxygens (including phenoxy) is 2. The van der Waals surface area contributed by atoms with Gasteiger partial charge in [0.25, 0.3) is 0 Å². The molecule has 4 heteroatoms. The quantitative estimate of drug-likeness (QED) is 0.864. The van der Waals surface area contributed by atoms with E-state index in [1.54, 1.807) is 7.11 Å². The molecule has 2 unspecified atom stereocenters. The van der Waals surface area contributed by atoms with E-state index < -0.39 is 0 Å². The molecule has 1 N–H and O–H groups in total. The van der Waals surface area contributed by atoms with Gasteiger partial charge in [-0.3, -0.25) is 0 Å². The summed E-state index contributed by atoms with van der Waals surface area (Å²) in [6, 6.07) is 6.44. The maximum atomic E-state index is 5.69. The third-order valence-corrected chi connectivity index (χ3v) is 4.45. The highest BCUT2D eigenvalue weighted by atomic mass is 79.9. The van der Waals surface area contributed by atoms with Gasteiger partial charge >= 0.3 is 0 Å². The predicted octanol–water partition coefficient (Wildman–Crippen LogP) is 3.68. The Kier molecular flexibility index (Phi) is 5.67. The van der Waals surface area contributed by atoms with Crippen LogP contribution in [0.15, 0.2) is 22.7 Å². The van der Waals surface area contributed by atoms with E-state index in [-0.39, 0.29) is 0 Å². The molecule has 1 aromatic carbocycles. The fraction of sp³-hybridized carbons (Fsp3) is 0.600. The van der Waals surface area contributed by atoms with Crippen molar-refractivity contribution in [2.45, 2.75) is 37.8 Å². The summed E-state index contributed by atoms with van der Waals surface area (Å²) in [6.45, 7) is 0.928. The van der Waals surface area contributed by atoms with Crippen LogP contribution in [0.5, 0.6) is 5.75 Å². The van der Waals surface area contributed by atoms with Gasteiger partial charge < -0.3 is 14.8 Å². The van der Waals surface area contributed by atoms with Crippen molar-refractivity contribution in [2.24, 2.45) is 0 Å². The molecule has 1 fully saturated rings. The topological polar surface area (TPSA) is 30.5 Å². The van der Waals surface area contributed by atoms with Crippen molar-refractivity contribution in [2.75, 3.05) is 20.8 Å². The van der Waals surface area contributed by atoms with E-state index in [9.17, 15) is 0 Å². The van der Waals surface area contributed by atoms with Gasteiger partial charge in [-0.05, 0) is 56.5 Å². The molecule has 0 saturated carbocycles. The molecule has 1 aromatic rings. The van der Waals surface area contributed by atoms with E-state index in [0.717, 1.165) is 29.7 Å². The van der Waals surface area contributed by atoms with Gasteiger partial charge in [-0.25, -0.2) is 0 Å². The molecule has 0 aromatic heterocycles. The van der Waals surface area contributed by atoms with Gasteiger partial charge in [-0.15, -0.1) is 0 Å². The lowest BCUT2D eigenvalue weighted by Gasteiger charge is -2.20. The third kappa shape index (κ3) is 3.94. The standard InChI is InChI=1S/C15H22BrNO2/c1-17-15(8-6-11-4-3-9-19-11)13-10-12(18-2)5-7-14(13)16/h5,7,10-11,15,17H,3-4,6,8-9H2,1-2H3. The fourth-order valence-electron chi connectivity index (χ4n) is 2.60. The normalized spacial score (nSPS) is 20.5. The molecule has 1 saturated heterocycles. The van der Waals surface area contributed by atoms with Crippen LogP contribution in [0, 0.1) is 0 Å². The van der Waals surface area contributed by atoms with E-state index in [1.807, 2.05) is 19.2 Å². The Morgan fingerprint density at radius 1 is 1.53 bits per heavy atom. The SMILES string of the molecule is CNC(CCC1CCCO1)c1cc(OC)ccc1Br. The molecule has 2 rings (SSSR count). The molecule has 0 spiro atoms. The van der Waals surface area contributed by atoms with Crippen LogP contribution in [0.25, 0.3) is 0 Å². The minimum absolute atomic E-state index is 0.327. The summed E-state index contributed by atoms with van der Waals surface area (Å²) in [4.78, 5) is 0. The first-order chi connectivity index (χ1) is 9.24. The summed E-state index contributed by atoms with van der Waals surface area (Å²) in [7, 11) is 3.71. The van der Waals surface area contributed by atoms with E-state index in [2.05, 4.69) is 27.3 Å². The van der Waals surface area contributed by atoms with Gasteiger partial charge in [0, 0.05) is 17.1 Å². The number of rotatable bonds is 6. The molecule has 0 bridgehead atoms. The van der Waals surface area contributed by atoms with Crippen LogP contribution in [-0.4, -0.2) is 26.9 Å². The molecule has 0 aliphatic carbocycles. The maximum Gasteiger partial charge on any atom is 0.119 e. The highest BCUT2D eigenvalue weighted by Crippen LogP contribution is 2.31. The van der Waals surface area contributed by atoms with Crippen molar-refractivity contribution in [3.8, 4) is 5.75 Å². The Hall–Kier alpha value is -0.580. The summed E-state index contributed by atoms with van der Waals surface area (Å²) in [5.41, 5.74) is 1.25. The van der Waals surface area contributed by atoms with Crippen molar-refractivity contribution >= 4 is 15.9 Å². The monoisotopic (exact) mass is 327 g/mol. The average Bonchev–Trinajstić information content (AvgIpc) is 2.94. The van der Waals surface area contributed by atoms with E-state index in [0.29, 0.717) is 12.1 Å². The smallest absolute Gasteiger partial charge is 0.119 e. The van der Waals surface area contributed by atoms with Crippen molar-refractivity contribution in [3.05, 3.63) is 28.2 Å². The maximum absolute atomic E-state index is 5.69. The van der Waals surface area contributed by atoms with E-state index in [4.69, 9.17) is 9.47 Å². The molecule has 106 valence electrons. The molecule has 1 heterocycles. The second-order valence-corrected chi connectivity index (χ2v) is 5.80. The minimum Gasteiger partial charge on any atom is -0.497 e. The lowest BCUT2D eigenvalue weighted by molar-refractivity contribution is 0.0998. The Labute approximate surface area is 123 Å². The van der Waals surface area contributed by atoms with Gasteiger partial charge in [0.05, 0.1) is 13.2 Å². The first-order valence-corrected chi connectivity index (χ1v) is 7.66. The predicted molar refractivity (Wildman–Crippen MR) is 80.7 cm³/mol. The van der Waals surface area contributed by atoms with Crippen LogP contribution < -0.4 is 10.1 Å². The molecule has 2 atom stereocenters. The van der Waals surface area contributed by atoms with Crippen LogP contribution in [0.4, 0.5) is 0 Å². The largest absolute Gasteiger partial charge is 0.497 e. The fourth-order valence-corrected chi connectivity index (χ4v) is 3.12. The minimum atomic E-state index is 0.327. The zero-order valence-corrected chi connectivity index (χ0v) is 13.2. The summed E-state index contributed by atoms with van der Waals surface area (Å²) >= 11 is 3.63. The third-order valence-electron chi connectivity index (χ3n) is 3.73. The Bertz CT molecular complexity index is 405. The summed E-state index contributed by atoms with van der Waals surface area (Å²) in [5, 5.41) is 3.39. The van der Waals surface area contributed by atoms with Crippen LogP contribution >= 0.6 is 15.9 Å². The number of halogens is 1. The van der Waals surface area contributed by atoms with Crippen LogP contribution in [0.1, 0.15) is 37.3 Å². The van der Waals surface area contributed by atoms with Crippen molar-refractivity contribution in [3.63, 3.8) is 0 Å². The number of hydrogen-bond donors (Lipinski definition) is 1. The van der Waals surface area contributed by atoms with Crippen LogP contribution in [0.2, 0.25) is 0 Å². The van der Waals surface area contributed by atoms with Gasteiger partial charge in [-0.1, -0.05) is 15.9 Å². The average molecular weight is 328 g/mol. The Morgan fingerprint density at radius 2 is 2.37 bits per heavy atom. The van der Waals surface area contributed by atoms with Crippen LogP contribution in [0.3, 0.4) is 0 Å². The molecule has 1 aliphatic rings. The number of benzene rings is 1. The van der Waals surface area contributed by atoms with Gasteiger partial charge in [0.2, 0.25) is 0 Å². The van der Waals surface area contributed by atoms with Crippen molar-refractivity contribution in [1.82, 2.24) is 5.32 Å². The van der Waals surface area contributed by atoms with Gasteiger partial charge in [0.15, 0.2) is 0 Å². The van der Waals surface area contributed by atoms with E-state index in [1.165, 1.54) is 18.4 Å². The highest BCUT2D eigenvalue weighted by Gasteiger charge is 2.19. The zero-order chi connectivity index (χ0) is 13.7. The molecular formula is C15H22BrNO2. The van der Waals surface area contributed by atoms with E-state index >= 15 is 0 Å². The number of hydrogen-bond acceptors (Lipinski definition) is 3. The molecule has 1 aliphatic heterocycles. The zero-order valence-electron chi connectivity index (χ0n) is 11.6. The lowest BCUT2D eigenvalue weighted by Crippen LogP contribution is -2.19. The summed E-state index contributed by atoms with van der Waals surface area (Å²) in [6.07, 6.45) is 5.04. The van der Waals surface area contributed by atoms with Gasteiger partial charge in [0.1, 0.15) is 5.75 Å². The van der Waals surface area contributed by atoms with Gasteiger partial charge in [-0.2, -0.15) is 0 Å². The first-order valence-electron chi connectivity index (χ1n) is 6.87.